The van der Waals surface area contributed by atoms with E-state index in [0.29, 0.717) is 23.6 Å². The van der Waals surface area contributed by atoms with Gasteiger partial charge in [0.15, 0.2) is 5.84 Å². The van der Waals surface area contributed by atoms with Crippen LogP contribution in [0, 0.1) is 11.7 Å². The lowest BCUT2D eigenvalue weighted by Crippen LogP contribution is -2.17. The van der Waals surface area contributed by atoms with Crippen LogP contribution in [-0.4, -0.2) is 17.6 Å². The Bertz CT molecular complexity index is 433. The minimum absolute atomic E-state index is 0.0876. The Morgan fingerprint density at radius 2 is 2.21 bits per heavy atom. The van der Waals surface area contributed by atoms with Gasteiger partial charge in [0.25, 0.3) is 0 Å². The summed E-state index contributed by atoms with van der Waals surface area (Å²) in [5.74, 6) is 0.259. The van der Waals surface area contributed by atoms with Crippen LogP contribution >= 0.6 is 0 Å². The van der Waals surface area contributed by atoms with Crippen molar-refractivity contribution in [3.63, 3.8) is 0 Å². The molecule has 106 valence electrons. The number of nitrogens with two attached hydrogens (primary N) is 1. The second kappa shape index (κ2) is 7.74. The Hall–Kier alpha value is -1.62. The molecule has 0 aliphatic rings. The molecule has 0 fully saturated rings. The number of halogens is 1. The molecular formula is C14H22FN3O. The van der Waals surface area contributed by atoms with Crippen LogP contribution in [0.2, 0.25) is 0 Å². The Morgan fingerprint density at radius 1 is 1.47 bits per heavy atom. The Balaban J connectivity index is 2.47. The highest BCUT2D eigenvalue weighted by Gasteiger charge is 2.06. The zero-order valence-corrected chi connectivity index (χ0v) is 11.5. The van der Waals surface area contributed by atoms with Crippen molar-refractivity contribution in [1.29, 1.82) is 0 Å². The molecule has 0 atom stereocenters. The van der Waals surface area contributed by atoms with Gasteiger partial charge in [-0.05, 0) is 31.4 Å². The van der Waals surface area contributed by atoms with Crippen molar-refractivity contribution in [2.24, 2.45) is 16.8 Å². The summed E-state index contributed by atoms with van der Waals surface area (Å²) in [7, 11) is 0. The topological polar surface area (TPSA) is 70.6 Å². The van der Waals surface area contributed by atoms with Gasteiger partial charge in [-0.2, -0.15) is 0 Å². The third kappa shape index (κ3) is 5.26. The molecule has 0 aromatic heterocycles. The predicted molar refractivity (Wildman–Crippen MR) is 74.7 cm³/mol. The average Bonchev–Trinajstić information content (AvgIpc) is 2.38. The maximum atomic E-state index is 13.8. The van der Waals surface area contributed by atoms with Crippen LogP contribution in [0.3, 0.4) is 0 Å². The maximum absolute atomic E-state index is 13.8. The highest BCUT2D eigenvalue weighted by Crippen LogP contribution is 2.10. The quantitative estimate of drug-likeness (QED) is 0.234. The summed E-state index contributed by atoms with van der Waals surface area (Å²) in [6, 6.07) is 4.57. The first-order valence-corrected chi connectivity index (χ1v) is 6.51. The molecule has 0 spiro atoms. The fraction of sp³-hybridized carbons (Fsp3) is 0.500. The molecule has 4 N–H and O–H groups in total. The predicted octanol–water partition coefficient (Wildman–Crippen LogP) is 2.45. The monoisotopic (exact) mass is 267 g/mol. The molecular weight excluding hydrogens is 245 g/mol. The number of nitrogens with zero attached hydrogens (tertiary/aromatic N) is 1. The highest BCUT2D eigenvalue weighted by atomic mass is 19.1. The van der Waals surface area contributed by atoms with Crippen molar-refractivity contribution in [3.8, 4) is 0 Å². The minimum Gasteiger partial charge on any atom is -0.409 e. The molecule has 5 heteroatoms. The van der Waals surface area contributed by atoms with Crippen LogP contribution in [0.1, 0.15) is 37.8 Å². The number of amidine groups is 1. The molecule has 0 amide bonds. The summed E-state index contributed by atoms with van der Waals surface area (Å²) in [5.41, 5.74) is 6.36. The number of hydrogen-bond donors (Lipinski definition) is 3. The van der Waals surface area contributed by atoms with E-state index in [4.69, 9.17) is 10.9 Å². The van der Waals surface area contributed by atoms with Gasteiger partial charge in [0.05, 0.1) is 0 Å². The van der Waals surface area contributed by atoms with Crippen molar-refractivity contribution in [2.75, 3.05) is 6.54 Å². The molecule has 1 rings (SSSR count). The van der Waals surface area contributed by atoms with Crippen LogP contribution in [-0.2, 0) is 6.54 Å². The van der Waals surface area contributed by atoms with E-state index in [1.54, 1.807) is 12.1 Å². The lowest BCUT2D eigenvalue weighted by Gasteiger charge is -2.08. The largest absolute Gasteiger partial charge is 0.409 e. The van der Waals surface area contributed by atoms with Gasteiger partial charge in [0.2, 0.25) is 0 Å². The van der Waals surface area contributed by atoms with Gasteiger partial charge < -0.3 is 16.3 Å². The molecule has 0 aliphatic carbocycles. The van der Waals surface area contributed by atoms with Crippen LogP contribution in [0.5, 0.6) is 0 Å². The third-order valence-corrected chi connectivity index (χ3v) is 2.91. The van der Waals surface area contributed by atoms with Crippen LogP contribution in [0.15, 0.2) is 23.4 Å². The van der Waals surface area contributed by atoms with Crippen molar-refractivity contribution in [2.45, 2.75) is 33.2 Å². The molecule has 4 nitrogen and oxygen atoms in total. The second-order valence-electron chi connectivity index (χ2n) is 5.00. The summed E-state index contributed by atoms with van der Waals surface area (Å²) in [5, 5.41) is 14.6. The number of nitrogens with one attached hydrogen (secondary N) is 1. The van der Waals surface area contributed by atoms with Gasteiger partial charge in [-0.15, -0.1) is 0 Å². The summed E-state index contributed by atoms with van der Waals surface area (Å²) in [6.07, 6.45) is 2.25. The third-order valence-electron chi connectivity index (χ3n) is 2.91. The smallest absolute Gasteiger partial charge is 0.170 e. The van der Waals surface area contributed by atoms with Gasteiger partial charge in [0, 0.05) is 17.7 Å². The molecule has 0 bridgehead atoms. The Morgan fingerprint density at radius 3 is 2.79 bits per heavy atom. The molecule has 0 radical (unpaired) electrons. The van der Waals surface area contributed by atoms with E-state index in [2.05, 4.69) is 24.3 Å². The van der Waals surface area contributed by atoms with Crippen LogP contribution in [0.25, 0.3) is 0 Å². The van der Waals surface area contributed by atoms with E-state index in [-0.39, 0.29) is 11.7 Å². The normalized spacial score (nSPS) is 12.1. The summed E-state index contributed by atoms with van der Waals surface area (Å²) in [6.45, 7) is 5.73. The lowest BCUT2D eigenvalue weighted by molar-refractivity contribution is 0.318. The van der Waals surface area contributed by atoms with Crippen molar-refractivity contribution in [1.82, 2.24) is 5.32 Å². The first kappa shape index (κ1) is 15.4. The molecule has 19 heavy (non-hydrogen) atoms. The molecule has 0 unspecified atom stereocenters. The van der Waals surface area contributed by atoms with Gasteiger partial charge in [-0.25, -0.2) is 4.39 Å². The molecule has 0 saturated carbocycles. The number of benzene rings is 1. The fourth-order valence-corrected chi connectivity index (χ4v) is 1.77. The van der Waals surface area contributed by atoms with Gasteiger partial charge in [0.1, 0.15) is 5.82 Å². The van der Waals surface area contributed by atoms with E-state index in [1.807, 2.05) is 0 Å². The molecule has 1 aromatic rings. The summed E-state index contributed by atoms with van der Waals surface area (Å²) >= 11 is 0. The van der Waals surface area contributed by atoms with E-state index in [1.165, 1.54) is 6.07 Å². The molecule has 1 aromatic carbocycles. The Kier molecular flexibility index (Phi) is 6.29. The minimum atomic E-state index is -0.347. The second-order valence-corrected chi connectivity index (χ2v) is 5.00. The zero-order valence-electron chi connectivity index (χ0n) is 11.5. The summed E-state index contributed by atoms with van der Waals surface area (Å²) < 4.78 is 13.8. The number of oxime groups is 1. The molecule has 0 saturated heterocycles. The molecule has 0 aliphatic heterocycles. The number of rotatable bonds is 7. The van der Waals surface area contributed by atoms with E-state index in [0.717, 1.165) is 19.4 Å². The van der Waals surface area contributed by atoms with E-state index < -0.39 is 0 Å². The Labute approximate surface area is 113 Å². The van der Waals surface area contributed by atoms with Gasteiger partial charge in [-0.3, -0.25) is 0 Å². The SMILES string of the molecule is CC(C)CCCNCc1ccc(C(N)=NO)cc1F. The number of hydrogen-bond acceptors (Lipinski definition) is 3. The van der Waals surface area contributed by atoms with Crippen LogP contribution in [0.4, 0.5) is 4.39 Å². The standard InChI is InChI=1S/C14H22FN3O/c1-10(2)4-3-7-17-9-12-6-5-11(8-13(12)15)14(16)18-19/h5-6,8,10,17,19H,3-4,7,9H2,1-2H3,(H2,16,18). The first-order valence-electron chi connectivity index (χ1n) is 6.51. The van der Waals surface area contributed by atoms with Crippen molar-refractivity contribution in [3.05, 3.63) is 35.1 Å². The van der Waals surface area contributed by atoms with E-state index in [9.17, 15) is 4.39 Å². The van der Waals surface area contributed by atoms with Crippen LogP contribution < -0.4 is 11.1 Å². The summed E-state index contributed by atoms with van der Waals surface area (Å²) in [4.78, 5) is 0. The van der Waals surface area contributed by atoms with Crippen molar-refractivity contribution < 1.29 is 9.60 Å². The first-order chi connectivity index (χ1) is 9.04. The highest BCUT2D eigenvalue weighted by molar-refractivity contribution is 5.97. The van der Waals surface area contributed by atoms with Crippen molar-refractivity contribution >= 4 is 5.84 Å². The average molecular weight is 267 g/mol. The fourth-order valence-electron chi connectivity index (χ4n) is 1.77. The lowest BCUT2D eigenvalue weighted by atomic mass is 10.1. The maximum Gasteiger partial charge on any atom is 0.170 e. The zero-order chi connectivity index (χ0) is 14.3. The van der Waals surface area contributed by atoms with Gasteiger partial charge in [-0.1, -0.05) is 31.1 Å². The van der Waals surface area contributed by atoms with Gasteiger partial charge >= 0.3 is 0 Å². The van der Waals surface area contributed by atoms with E-state index >= 15 is 0 Å². The molecule has 0 heterocycles.